The van der Waals surface area contributed by atoms with Gasteiger partial charge >= 0.3 is 0 Å². The van der Waals surface area contributed by atoms with E-state index in [1.54, 1.807) is 27.8 Å². The molecule has 2 nitrogen and oxygen atoms in total. The highest BCUT2D eigenvalue weighted by Gasteiger charge is 2.21. The van der Waals surface area contributed by atoms with Crippen LogP contribution in [0.2, 0.25) is 0 Å². The van der Waals surface area contributed by atoms with Crippen molar-refractivity contribution in [1.82, 2.24) is 0 Å². The first-order valence-corrected chi connectivity index (χ1v) is 6.06. The minimum absolute atomic E-state index is 0.250. The number of rotatable bonds is 0. The molecule has 86 valence electrons. The molecule has 0 atom stereocenters. The first kappa shape index (κ1) is 11.2. The van der Waals surface area contributed by atoms with Gasteiger partial charge in [-0.15, -0.1) is 0 Å². The SMILES string of the molecule is Cc1c2c(cc3c1CCC3)CCC2.NC=O. The van der Waals surface area contributed by atoms with Crippen LogP contribution in [0.5, 0.6) is 0 Å². The highest BCUT2D eigenvalue weighted by atomic mass is 16.1. The van der Waals surface area contributed by atoms with E-state index in [0.717, 1.165) is 0 Å². The molecule has 1 aromatic carbocycles. The lowest BCUT2D eigenvalue weighted by Crippen LogP contribution is -1.95. The lowest BCUT2D eigenvalue weighted by atomic mass is 9.95. The van der Waals surface area contributed by atoms with Crippen molar-refractivity contribution in [3.05, 3.63) is 33.9 Å². The van der Waals surface area contributed by atoms with Crippen LogP contribution in [0.1, 0.15) is 40.7 Å². The molecule has 2 aliphatic rings. The molecule has 0 saturated carbocycles. The van der Waals surface area contributed by atoms with Gasteiger partial charge < -0.3 is 5.73 Å². The third kappa shape index (κ3) is 1.84. The second-order valence-electron chi connectivity index (χ2n) is 4.62. The topological polar surface area (TPSA) is 43.1 Å². The van der Waals surface area contributed by atoms with Crippen LogP contribution >= 0.6 is 0 Å². The molecule has 2 aliphatic carbocycles. The van der Waals surface area contributed by atoms with Crippen LogP contribution in [-0.2, 0) is 30.5 Å². The van der Waals surface area contributed by atoms with Crippen LogP contribution in [0.4, 0.5) is 0 Å². The zero-order valence-electron chi connectivity index (χ0n) is 9.88. The zero-order chi connectivity index (χ0) is 11.5. The molecule has 3 rings (SSSR count). The molecular formula is C14H19NO. The van der Waals surface area contributed by atoms with Gasteiger partial charge in [0.25, 0.3) is 0 Å². The maximum atomic E-state index is 8.58. The Bertz CT molecular complexity index is 377. The van der Waals surface area contributed by atoms with Crippen molar-refractivity contribution in [3.8, 4) is 0 Å². The minimum Gasteiger partial charge on any atom is -0.372 e. The largest absolute Gasteiger partial charge is 0.372 e. The summed E-state index contributed by atoms with van der Waals surface area (Å²) in [6.07, 6.45) is 8.38. The van der Waals surface area contributed by atoms with E-state index in [4.69, 9.17) is 4.79 Å². The summed E-state index contributed by atoms with van der Waals surface area (Å²) in [5, 5.41) is 0. The Morgan fingerprint density at radius 1 is 1.06 bits per heavy atom. The van der Waals surface area contributed by atoms with Gasteiger partial charge in [0.15, 0.2) is 0 Å². The van der Waals surface area contributed by atoms with Gasteiger partial charge in [-0.3, -0.25) is 4.79 Å². The molecule has 0 heterocycles. The second kappa shape index (κ2) is 4.69. The summed E-state index contributed by atoms with van der Waals surface area (Å²) in [5.74, 6) is 0. The number of hydrogen-bond acceptors (Lipinski definition) is 1. The van der Waals surface area contributed by atoms with E-state index < -0.39 is 0 Å². The molecule has 0 radical (unpaired) electrons. The first-order chi connectivity index (χ1) is 7.77. The summed E-state index contributed by atoms with van der Waals surface area (Å²) < 4.78 is 0. The number of primary amides is 1. The highest BCUT2D eigenvalue weighted by Crippen LogP contribution is 2.34. The average molecular weight is 217 g/mol. The fraction of sp³-hybridized carbons (Fsp3) is 0.500. The summed E-state index contributed by atoms with van der Waals surface area (Å²) in [7, 11) is 0. The Hall–Kier alpha value is -1.31. The van der Waals surface area contributed by atoms with Crippen LogP contribution in [0.3, 0.4) is 0 Å². The minimum atomic E-state index is 0.250. The Balaban J connectivity index is 0.000000292. The summed E-state index contributed by atoms with van der Waals surface area (Å²) >= 11 is 0. The van der Waals surface area contributed by atoms with Crippen molar-refractivity contribution >= 4 is 6.41 Å². The van der Waals surface area contributed by atoms with Crippen LogP contribution in [0.15, 0.2) is 6.07 Å². The molecule has 0 saturated heterocycles. The van der Waals surface area contributed by atoms with Gasteiger partial charge in [-0.1, -0.05) is 6.07 Å². The number of amides is 1. The molecule has 1 aromatic rings. The Morgan fingerprint density at radius 2 is 1.50 bits per heavy atom. The van der Waals surface area contributed by atoms with Crippen LogP contribution in [0, 0.1) is 6.92 Å². The molecule has 1 amide bonds. The lowest BCUT2D eigenvalue weighted by molar-refractivity contribution is -0.106. The number of carbonyl (C=O) groups is 1. The van der Waals surface area contributed by atoms with E-state index in [-0.39, 0.29) is 6.41 Å². The first-order valence-electron chi connectivity index (χ1n) is 6.06. The Kier molecular flexibility index (Phi) is 3.28. The molecule has 0 aliphatic heterocycles. The zero-order valence-corrected chi connectivity index (χ0v) is 9.88. The van der Waals surface area contributed by atoms with Crippen molar-refractivity contribution in [2.24, 2.45) is 5.73 Å². The standard InChI is InChI=1S/C13H16.CH3NO/c1-9-12-6-2-4-10(12)8-11-5-3-7-13(9)11;2-1-3/h8H,2-7H2,1H3;1H,(H2,2,3). The molecule has 0 aromatic heterocycles. The van der Waals surface area contributed by atoms with Gasteiger partial charge in [0.1, 0.15) is 0 Å². The van der Waals surface area contributed by atoms with Gasteiger partial charge in [-0.05, 0) is 73.3 Å². The van der Waals surface area contributed by atoms with E-state index in [1.807, 2.05) is 0 Å². The number of carbonyl (C=O) groups excluding carboxylic acids is 1. The number of fused-ring (bicyclic) bond motifs is 2. The van der Waals surface area contributed by atoms with Crippen molar-refractivity contribution in [2.75, 3.05) is 0 Å². The summed E-state index contributed by atoms with van der Waals surface area (Å²) in [6.45, 7) is 2.34. The van der Waals surface area contributed by atoms with Crippen molar-refractivity contribution < 1.29 is 4.79 Å². The summed E-state index contributed by atoms with van der Waals surface area (Å²) in [4.78, 5) is 8.58. The number of aryl methyl sites for hydroxylation is 2. The van der Waals surface area contributed by atoms with E-state index >= 15 is 0 Å². The lowest BCUT2D eigenvalue weighted by Gasteiger charge is -2.10. The van der Waals surface area contributed by atoms with E-state index in [1.165, 1.54) is 38.5 Å². The molecule has 0 bridgehead atoms. The molecule has 2 heteroatoms. The van der Waals surface area contributed by atoms with E-state index in [0.29, 0.717) is 0 Å². The predicted molar refractivity (Wildman–Crippen MR) is 65.5 cm³/mol. The fourth-order valence-corrected chi connectivity index (χ4v) is 3.10. The monoisotopic (exact) mass is 217 g/mol. The normalized spacial score (nSPS) is 16.1. The third-order valence-corrected chi connectivity index (χ3v) is 3.77. The van der Waals surface area contributed by atoms with Crippen LogP contribution in [-0.4, -0.2) is 6.41 Å². The maximum Gasteiger partial charge on any atom is 0.204 e. The number of nitrogens with two attached hydrogens (primary N) is 1. The molecule has 16 heavy (non-hydrogen) atoms. The molecule has 0 spiro atoms. The van der Waals surface area contributed by atoms with Gasteiger partial charge in [-0.2, -0.15) is 0 Å². The molecular weight excluding hydrogens is 198 g/mol. The molecule has 0 unspecified atom stereocenters. The van der Waals surface area contributed by atoms with Crippen LogP contribution < -0.4 is 5.73 Å². The molecule has 0 fully saturated rings. The third-order valence-electron chi connectivity index (χ3n) is 3.77. The molecule has 2 N–H and O–H groups in total. The Labute approximate surface area is 96.8 Å². The van der Waals surface area contributed by atoms with Gasteiger partial charge in [-0.25, -0.2) is 0 Å². The van der Waals surface area contributed by atoms with Gasteiger partial charge in [0.05, 0.1) is 0 Å². The van der Waals surface area contributed by atoms with E-state index in [2.05, 4.69) is 18.7 Å². The highest BCUT2D eigenvalue weighted by molar-refractivity contribution is 5.49. The smallest absolute Gasteiger partial charge is 0.204 e. The second-order valence-corrected chi connectivity index (χ2v) is 4.62. The van der Waals surface area contributed by atoms with Gasteiger partial charge in [0, 0.05) is 0 Å². The Morgan fingerprint density at radius 3 is 1.94 bits per heavy atom. The number of hydrogen-bond donors (Lipinski definition) is 1. The van der Waals surface area contributed by atoms with Crippen LogP contribution in [0.25, 0.3) is 0 Å². The summed E-state index contributed by atoms with van der Waals surface area (Å²) in [6, 6.07) is 2.50. The summed E-state index contributed by atoms with van der Waals surface area (Å²) in [5.41, 5.74) is 12.5. The fourth-order valence-electron chi connectivity index (χ4n) is 3.10. The van der Waals surface area contributed by atoms with E-state index in [9.17, 15) is 0 Å². The van der Waals surface area contributed by atoms with Crippen molar-refractivity contribution in [1.29, 1.82) is 0 Å². The quantitative estimate of drug-likeness (QED) is 0.664. The maximum absolute atomic E-state index is 8.58. The van der Waals surface area contributed by atoms with Gasteiger partial charge in [0.2, 0.25) is 6.41 Å². The van der Waals surface area contributed by atoms with Crippen molar-refractivity contribution in [2.45, 2.75) is 45.4 Å². The number of benzene rings is 1. The van der Waals surface area contributed by atoms with Crippen molar-refractivity contribution in [3.63, 3.8) is 0 Å². The average Bonchev–Trinajstić information content (AvgIpc) is 2.87. The predicted octanol–water partition coefficient (Wildman–Crippen LogP) is 2.07.